The average Bonchev–Trinajstić information content (AvgIpc) is 2.36. The van der Waals surface area contributed by atoms with Gasteiger partial charge in [-0.05, 0) is 33.3 Å². The van der Waals surface area contributed by atoms with Crippen LogP contribution in [0.1, 0.15) is 29.1 Å². The van der Waals surface area contributed by atoms with Crippen LogP contribution in [-0.2, 0) is 24.1 Å². The smallest absolute Gasteiger partial charge is 1.00 e. The fourth-order valence-corrected chi connectivity index (χ4v) is 0.430. The first-order valence-corrected chi connectivity index (χ1v) is 5.33. The van der Waals surface area contributed by atoms with Gasteiger partial charge in [0.1, 0.15) is 5.78 Å². The van der Waals surface area contributed by atoms with E-state index in [0.717, 1.165) is 13.8 Å². The van der Waals surface area contributed by atoms with Crippen molar-refractivity contribution in [3.63, 3.8) is 0 Å². The number of halogens is 3. The van der Waals surface area contributed by atoms with E-state index in [2.05, 4.69) is 11.5 Å². The molecule has 6 nitrogen and oxygen atoms in total. The summed E-state index contributed by atoms with van der Waals surface area (Å²) in [5, 5.41) is 8.43. The van der Waals surface area contributed by atoms with Gasteiger partial charge in [-0.1, -0.05) is 6.58 Å². The Balaban J connectivity index is -0.0000000539. The minimum Gasteiger partial charge on any atom is -1.00 e. The first-order chi connectivity index (χ1) is 9.32. The Kier molecular flexibility index (Phi) is 30.1. The van der Waals surface area contributed by atoms with E-state index in [0.29, 0.717) is 5.57 Å². The maximum absolute atomic E-state index is 11.6. The molecule has 0 bridgehead atoms. The van der Waals surface area contributed by atoms with Gasteiger partial charge < -0.3 is 11.6 Å². The van der Waals surface area contributed by atoms with Crippen molar-refractivity contribution in [1.29, 1.82) is 0 Å². The van der Waals surface area contributed by atoms with E-state index in [1.807, 2.05) is 0 Å². The molecule has 0 radical (unpaired) electrons. The largest absolute Gasteiger partial charge is 1.00 e. The molecule has 124 valence electrons. The first-order valence-electron chi connectivity index (χ1n) is 5.33. The van der Waals surface area contributed by atoms with Crippen LogP contribution in [0.25, 0.3) is 0 Å². The molecule has 0 aliphatic carbocycles. The third-order valence-electron chi connectivity index (χ3n) is 1.92. The van der Waals surface area contributed by atoms with Gasteiger partial charge in [0.2, 0.25) is 5.78 Å². The fourth-order valence-electron chi connectivity index (χ4n) is 0.430. The van der Waals surface area contributed by atoms with Crippen molar-refractivity contribution in [2.45, 2.75) is 33.9 Å². The van der Waals surface area contributed by atoms with Gasteiger partial charge >= 0.3 is 109 Å². The summed E-state index contributed by atoms with van der Waals surface area (Å²) in [7, 11) is 0. The van der Waals surface area contributed by atoms with Crippen LogP contribution < -0.4 is 108 Å². The molecule has 0 saturated heterocycles. The molecule has 0 aliphatic heterocycles. The van der Waals surface area contributed by atoms with E-state index in [1.54, 1.807) is 6.92 Å². The number of alkyl halides is 3. The number of ketones is 3. The van der Waals surface area contributed by atoms with Crippen LogP contribution in [0.3, 0.4) is 0 Å². The normalized spacial score (nSPS) is 9.74. The first kappa shape index (κ1) is 35.4. The molecule has 0 spiro atoms. The van der Waals surface area contributed by atoms with E-state index in [1.165, 1.54) is 6.92 Å². The van der Waals surface area contributed by atoms with E-state index in [-0.39, 0.29) is 116 Å². The molecule has 0 aromatic heterocycles. The molecule has 11 heteroatoms. The van der Waals surface area contributed by atoms with Crippen molar-refractivity contribution in [3.8, 4) is 0 Å². The van der Waals surface area contributed by atoms with E-state index < -0.39 is 23.7 Å². The molecule has 0 saturated carbocycles. The summed E-state index contributed by atoms with van der Waals surface area (Å²) in [6.45, 7) is 8.32. The summed E-state index contributed by atoms with van der Waals surface area (Å²) >= 11 is 0. The summed E-state index contributed by atoms with van der Waals surface area (Å²) in [5.41, 5.74) is 0.620. The van der Waals surface area contributed by atoms with Crippen LogP contribution in [0.2, 0.25) is 0 Å². The molecule has 0 heterocycles. The molecule has 0 N–H and O–H groups in total. The Bertz CT molecular complexity index is 391. The third kappa shape index (κ3) is 25.6. The molecule has 0 rings (SSSR count). The van der Waals surface area contributed by atoms with E-state index in [9.17, 15) is 27.6 Å². The zero-order valence-electron chi connectivity index (χ0n) is 14.9. The second-order valence-electron chi connectivity index (χ2n) is 3.72. The summed E-state index contributed by atoms with van der Waals surface area (Å²) < 4.78 is 34.7. The second kappa shape index (κ2) is 19.6. The van der Waals surface area contributed by atoms with Crippen LogP contribution in [0.15, 0.2) is 12.2 Å². The van der Waals surface area contributed by atoms with Crippen molar-refractivity contribution in [3.05, 3.63) is 12.2 Å². The molecule has 0 fully saturated rings. The molecule has 0 aromatic rings. The van der Waals surface area contributed by atoms with Gasteiger partial charge in [0.05, 0.1) is 5.92 Å². The minimum absolute atomic E-state index is 0. The van der Waals surface area contributed by atoms with Gasteiger partial charge in [-0.25, -0.2) is 0 Å². The second-order valence-corrected chi connectivity index (χ2v) is 3.72. The van der Waals surface area contributed by atoms with Gasteiger partial charge in [-0.2, -0.15) is 13.2 Å². The Hall–Kier alpha value is 1.24. The van der Waals surface area contributed by atoms with E-state index >= 15 is 0 Å². The van der Waals surface area contributed by atoms with E-state index in [4.69, 9.17) is 10.1 Å². The van der Waals surface area contributed by atoms with Gasteiger partial charge in [0.25, 0.3) is 6.47 Å². The van der Waals surface area contributed by atoms with Crippen molar-refractivity contribution in [2.75, 3.05) is 0 Å². The van der Waals surface area contributed by atoms with Crippen molar-refractivity contribution < 1.29 is 147 Å². The van der Waals surface area contributed by atoms with Crippen molar-refractivity contribution in [1.82, 2.24) is 0 Å². The minimum atomic E-state index is -4.90. The number of Topliss-reactive ketones (excluding diaryl/α,β-unsaturated/α-hetero) is 3. The van der Waals surface area contributed by atoms with Gasteiger partial charge in [0.15, 0.2) is 5.78 Å². The van der Waals surface area contributed by atoms with Gasteiger partial charge in [-0.15, -0.1) is 0 Å². The summed E-state index contributed by atoms with van der Waals surface area (Å²) in [6.07, 6.45) is -4.90. The number of hydrogen-bond donors (Lipinski definition) is 0. The van der Waals surface area contributed by atoms with Crippen LogP contribution in [0, 0.1) is 5.92 Å². The number of carbonyl (C=O) groups excluding carboxylic acids is 4. The fraction of sp³-hybridized carbons (Fsp3) is 0.500. The predicted molar refractivity (Wildman–Crippen MR) is 64.7 cm³/mol. The Morgan fingerprint density at radius 1 is 1.17 bits per heavy atom. The number of hydrogen-bond acceptors (Lipinski definition) is 6. The topological polar surface area (TPSA) is 101 Å². The van der Waals surface area contributed by atoms with Gasteiger partial charge in [0, 0.05) is 0 Å². The predicted octanol–water partition coefficient (Wildman–Crippen LogP) is -4.95. The number of carbonyl (C=O) groups is 4. The molecular formula is C12H17F3K2O6. The number of allylic oxidation sites excluding steroid dienone is 1. The zero-order chi connectivity index (χ0) is 17.8. The molecule has 1 atom stereocenters. The maximum atomic E-state index is 11.6. The molecule has 23 heavy (non-hydrogen) atoms. The van der Waals surface area contributed by atoms with Crippen LogP contribution in [0.4, 0.5) is 13.2 Å². The SMILES string of the molecule is C=C(C)C(C)=O.CC(=O)C(C)C(=O)C(F)(F)F.O=CO[O-].[H-].[K+].[K+]. The van der Waals surface area contributed by atoms with Crippen LogP contribution in [-0.4, -0.2) is 30.0 Å². The average molecular weight is 392 g/mol. The van der Waals surface area contributed by atoms with Crippen molar-refractivity contribution >= 4 is 23.8 Å². The van der Waals surface area contributed by atoms with Crippen LogP contribution >= 0.6 is 0 Å². The third-order valence-corrected chi connectivity index (χ3v) is 1.92. The quantitative estimate of drug-likeness (QED) is 0.119. The maximum Gasteiger partial charge on any atom is 1.00 e. The summed E-state index contributed by atoms with van der Waals surface area (Å²) in [6, 6.07) is 0. The Labute approximate surface area is 218 Å². The Morgan fingerprint density at radius 2 is 1.43 bits per heavy atom. The molecule has 0 aromatic carbocycles. The summed E-state index contributed by atoms with van der Waals surface area (Å²) in [4.78, 5) is 41.9. The monoisotopic (exact) mass is 392 g/mol. The zero-order valence-corrected chi connectivity index (χ0v) is 20.2. The molecule has 0 amide bonds. The number of rotatable bonds is 4. The standard InChI is InChI=1S/C6H7F3O2.C5H8O.CH2O3.2K.H/c1-3(4(2)10)5(11)6(7,8)9;1-4(2)5(3)6;2-1-4-3;;;/h3H,1-2H3;1H2,2-3H3;1,3H;;;/q;;;2*+1;-1/p-1. The molecular weight excluding hydrogens is 375 g/mol. The molecule has 1 unspecified atom stereocenters. The molecule has 0 aliphatic rings. The summed E-state index contributed by atoms with van der Waals surface area (Å²) in [5.74, 6) is -4.26. The van der Waals surface area contributed by atoms with Crippen molar-refractivity contribution in [2.24, 2.45) is 5.92 Å². The van der Waals surface area contributed by atoms with Crippen LogP contribution in [0.5, 0.6) is 0 Å². The van der Waals surface area contributed by atoms with Gasteiger partial charge in [-0.3, -0.25) is 19.2 Å². The Morgan fingerprint density at radius 3 is 1.48 bits per heavy atom.